The summed E-state index contributed by atoms with van der Waals surface area (Å²) < 4.78 is 26.2. The van der Waals surface area contributed by atoms with E-state index < -0.39 is 17.5 Å². The average Bonchev–Trinajstić information content (AvgIpc) is 2.65. The zero-order valence-corrected chi connectivity index (χ0v) is 14.2. The van der Waals surface area contributed by atoms with E-state index >= 15 is 0 Å². The Morgan fingerprint density at radius 3 is 2.23 bits per heavy atom. The molecule has 2 aromatic carbocycles. The number of anilines is 1. The van der Waals surface area contributed by atoms with Crippen LogP contribution in [0.3, 0.4) is 0 Å². The summed E-state index contributed by atoms with van der Waals surface area (Å²) in [6, 6.07) is 9.63. The van der Waals surface area contributed by atoms with Crippen LogP contribution in [-0.2, 0) is 0 Å². The quantitative estimate of drug-likeness (QED) is 0.857. The number of rotatable bonds is 4. The lowest BCUT2D eigenvalue weighted by molar-refractivity contribution is 0.0927. The fraction of sp³-hybridized carbons (Fsp3) is 0.300. The summed E-state index contributed by atoms with van der Waals surface area (Å²) in [5.41, 5.74) is 0.811. The van der Waals surface area contributed by atoms with Gasteiger partial charge in [-0.3, -0.25) is 9.59 Å². The third-order valence-electron chi connectivity index (χ3n) is 4.50. The first kappa shape index (κ1) is 18.0. The second kappa shape index (κ2) is 8.08. The van der Waals surface area contributed by atoms with Gasteiger partial charge in [0.15, 0.2) is 11.6 Å². The number of carbonyl (C=O) groups excluding carboxylic acids is 2. The molecule has 6 heteroatoms. The van der Waals surface area contributed by atoms with Crippen LogP contribution in [0.5, 0.6) is 0 Å². The van der Waals surface area contributed by atoms with Crippen molar-refractivity contribution in [1.82, 2.24) is 5.32 Å². The topological polar surface area (TPSA) is 58.2 Å². The van der Waals surface area contributed by atoms with Crippen LogP contribution in [0.2, 0.25) is 0 Å². The fourth-order valence-electron chi connectivity index (χ4n) is 3.09. The molecule has 2 amide bonds. The van der Waals surface area contributed by atoms with Gasteiger partial charge in [-0.05, 0) is 43.2 Å². The zero-order valence-electron chi connectivity index (χ0n) is 14.2. The Kier molecular flexibility index (Phi) is 5.61. The van der Waals surface area contributed by atoms with E-state index in [0.29, 0.717) is 5.56 Å². The van der Waals surface area contributed by atoms with Gasteiger partial charge in [0.2, 0.25) is 0 Å². The van der Waals surface area contributed by atoms with Gasteiger partial charge < -0.3 is 10.6 Å². The molecule has 0 aliphatic heterocycles. The number of nitrogens with one attached hydrogen (secondary N) is 2. The van der Waals surface area contributed by atoms with Crippen molar-refractivity contribution in [3.63, 3.8) is 0 Å². The normalized spacial score (nSPS) is 14.7. The molecular formula is C20H20F2N2O2. The minimum atomic E-state index is -1.04. The second-order valence-corrected chi connectivity index (χ2v) is 6.47. The Morgan fingerprint density at radius 2 is 1.54 bits per heavy atom. The van der Waals surface area contributed by atoms with Gasteiger partial charge in [-0.15, -0.1) is 0 Å². The molecule has 0 heterocycles. The van der Waals surface area contributed by atoms with Crippen molar-refractivity contribution in [3.8, 4) is 0 Å². The predicted octanol–water partition coefficient (Wildman–Crippen LogP) is 4.28. The lowest BCUT2D eigenvalue weighted by atomic mass is 9.95. The molecule has 4 nitrogen and oxygen atoms in total. The molecule has 0 spiro atoms. The first-order chi connectivity index (χ1) is 12.5. The summed E-state index contributed by atoms with van der Waals surface area (Å²) in [5, 5.41) is 5.50. The van der Waals surface area contributed by atoms with E-state index in [9.17, 15) is 18.4 Å². The van der Waals surface area contributed by atoms with Crippen LogP contribution < -0.4 is 10.6 Å². The molecule has 26 heavy (non-hydrogen) atoms. The van der Waals surface area contributed by atoms with Crippen LogP contribution in [0.4, 0.5) is 14.5 Å². The van der Waals surface area contributed by atoms with Crippen molar-refractivity contribution in [2.45, 2.75) is 38.1 Å². The van der Waals surface area contributed by atoms with Gasteiger partial charge in [-0.1, -0.05) is 25.3 Å². The summed E-state index contributed by atoms with van der Waals surface area (Å²) in [7, 11) is 0. The number of hydrogen-bond donors (Lipinski definition) is 2. The van der Waals surface area contributed by atoms with Gasteiger partial charge in [0.1, 0.15) is 0 Å². The number of halogens is 2. The summed E-state index contributed by atoms with van der Waals surface area (Å²) in [6.07, 6.45) is 5.37. The maximum Gasteiger partial charge on any atom is 0.255 e. The van der Waals surface area contributed by atoms with Gasteiger partial charge in [0, 0.05) is 28.9 Å². The van der Waals surface area contributed by atoms with Crippen LogP contribution in [0, 0.1) is 11.6 Å². The molecule has 1 fully saturated rings. The minimum Gasteiger partial charge on any atom is -0.349 e. The predicted molar refractivity (Wildman–Crippen MR) is 95.1 cm³/mol. The molecule has 0 bridgehead atoms. The Bertz CT molecular complexity index is 817. The van der Waals surface area contributed by atoms with Gasteiger partial charge in [-0.2, -0.15) is 0 Å². The standard InChI is InChI=1S/C20H20F2N2O2/c21-17-10-9-16(12-18(17)22)24-20(26)14-6-4-5-13(11-14)19(25)23-15-7-2-1-3-8-15/h4-6,9-12,15H,1-3,7-8H2,(H,23,25)(H,24,26). The molecule has 1 aliphatic carbocycles. The maximum absolute atomic E-state index is 13.2. The van der Waals surface area contributed by atoms with E-state index in [1.54, 1.807) is 18.2 Å². The molecule has 1 aliphatic rings. The first-order valence-electron chi connectivity index (χ1n) is 8.70. The van der Waals surface area contributed by atoms with Gasteiger partial charge in [0.25, 0.3) is 11.8 Å². The summed E-state index contributed by atoms with van der Waals surface area (Å²) in [6.45, 7) is 0. The minimum absolute atomic E-state index is 0.144. The van der Waals surface area contributed by atoms with Crippen LogP contribution >= 0.6 is 0 Å². The van der Waals surface area contributed by atoms with Gasteiger partial charge in [-0.25, -0.2) is 8.78 Å². The summed E-state index contributed by atoms with van der Waals surface area (Å²) in [4.78, 5) is 24.7. The molecule has 1 saturated carbocycles. The average molecular weight is 358 g/mol. The van der Waals surface area contributed by atoms with E-state index in [1.165, 1.54) is 18.6 Å². The van der Waals surface area contributed by atoms with Crippen LogP contribution in [0.15, 0.2) is 42.5 Å². The van der Waals surface area contributed by atoms with Crippen LogP contribution in [0.25, 0.3) is 0 Å². The molecule has 0 aromatic heterocycles. The highest BCUT2D eigenvalue weighted by Crippen LogP contribution is 2.18. The Morgan fingerprint density at radius 1 is 0.846 bits per heavy atom. The highest BCUT2D eigenvalue weighted by Gasteiger charge is 2.17. The number of benzene rings is 2. The monoisotopic (exact) mass is 358 g/mol. The van der Waals surface area contributed by atoms with Crippen LogP contribution in [-0.4, -0.2) is 17.9 Å². The first-order valence-corrected chi connectivity index (χ1v) is 8.70. The SMILES string of the molecule is O=C(Nc1ccc(F)c(F)c1)c1cccc(C(=O)NC2CCCCC2)c1. The van der Waals surface area contributed by atoms with Crippen LogP contribution in [0.1, 0.15) is 52.8 Å². The van der Waals surface area contributed by atoms with Crippen molar-refractivity contribution >= 4 is 17.5 Å². The van der Waals surface area contributed by atoms with E-state index in [0.717, 1.165) is 37.8 Å². The fourth-order valence-corrected chi connectivity index (χ4v) is 3.09. The van der Waals surface area contributed by atoms with Crippen molar-refractivity contribution in [2.24, 2.45) is 0 Å². The molecule has 136 valence electrons. The van der Waals surface area contributed by atoms with E-state index in [2.05, 4.69) is 10.6 Å². The second-order valence-electron chi connectivity index (χ2n) is 6.47. The number of amides is 2. The van der Waals surface area contributed by atoms with Gasteiger partial charge >= 0.3 is 0 Å². The van der Waals surface area contributed by atoms with E-state index in [-0.39, 0.29) is 23.2 Å². The van der Waals surface area contributed by atoms with E-state index in [4.69, 9.17) is 0 Å². The molecule has 0 unspecified atom stereocenters. The van der Waals surface area contributed by atoms with Crippen molar-refractivity contribution in [1.29, 1.82) is 0 Å². The molecule has 0 radical (unpaired) electrons. The third-order valence-corrected chi connectivity index (χ3v) is 4.50. The third kappa shape index (κ3) is 4.45. The molecule has 3 rings (SSSR count). The highest BCUT2D eigenvalue weighted by molar-refractivity contribution is 6.06. The molecule has 2 aromatic rings. The van der Waals surface area contributed by atoms with Crippen molar-refractivity contribution < 1.29 is 18.4 Å². The lowest BCUT2D eigenvalue weighted by Gasteiger charge is -2.22. The molecular weight excluding hydrogens is 338 g/mol. The smallest absolute Gasteiger partial charge is 0.255 e. The molecule has 0 saturated heterocycles. The van der Waals surface area contributed by atoms with Gasteiger partial charge in [0.05, 0.1) is 0 Å². The summed E-state index contributed by atoms with van der Waals surface area (Å²) >= 11 is 0. The molecule has 0 atom stereocenters. The molecule has 2 N–H and O–H groups in total. The van der Waals surface area contributed by atoms with E-state index in [1.807, 2.05) is 0 Å². The maximum atomic E-state index is 13.2. The Labute approximate surface area is 150 Å². The Hall–Kier alpha value is -2.76. The Balaban J connectivity index is 1.68. The zero-order chi connectivity index (χ0) is 18.5. The van der Waals surface area contributed by atoms with Crippen molar-refractivity contribution in [2.75, 3.05) is 5.32 Å². The summed E-state index contributed by atoms with van der Waals surface area (Å²) in [5.74, 6) is -2.73. The van der Waals surface area contributed by atoms with Crippen molar-refractivity contribution in [3.05, 3.63) is 65.2 Å². The number of carbonyl (C=O) groups is 2. The highest BCUT2D eigenvalue weighted by atomic mass is 19.2. The number of hydrogen-bond acceptors (Lipinski definition) is 2. The lowest BCUT2D eigenvalue weighted by Crippen LogP contribution is -2.36. The largest absolute Gasteiger partial charge is 0.349 e.